The summed E-state index contributed by atoms with van der Waals surface area (Å²) in [6, 6.07) is 10.1. The van der Waals surface area contributed by atoms with Crippen LogP contribution in [-0.4, -0.2) is 15.0 Å². The minimum Gasteiger partial charge on any atom is -0.368 e. The Morgan fingerprint density at radius 3 is 2.46 bits per heavy atom. The molecular weight excluding hydrogens is 303 g/mol. The molecule has 2 N–H and O–H groups in total. The third-order valence-electron chi connectivity index (χ3n) is 4.04. The molecule has 5 heteroatoms. The molecule has 0 unspecified atom stereocenters. The molecule has 24 heavy (non-hydrogen) atoms. The van der Waals surface area contributed by atoms with Crippen molar-refractivity contribution in [2.75, 3.05) is 5.73 Å². The minimum absolute atomic E-state index is 0.257. The maximum Gasteiger partial charge on any atom is 0.220 e. The van der Waals surface area contributed by atoms with Gasteiger partial charge in [-0.25, -0.2) is 19.3 Å². The number of nitrogens with two attached hydrogens (primary N) is 1. The SMILES string of the molecule is CCCCCCc1nc(N)nc2ccc(-c3ccc(F)cc3)nc12. The first kappa shape index (κ1) is 16.3. The Kier molecular flexibility index (Phi) is 4.99. The molecule has 2 heterocycles. The van der Waals surface area contributed by atoms with Crippen molar-refractivity contribution >= 4 is 17.0 Å². The van der Waals surface area contributed by atoms with Gasteiger partial charge in [-0.15, -0.1) is 0 Å². The van der Waals surface area contributed by atoms with Crippen LogP contribution in [0, 0.1) is 5.82 Å². The standard InChI is InChI=1S/C19H21FN4/c1-2-3-4-5-6-16-18-17(24-19(21)23-16)12-11-15(22-18)13-7-9-14(20)10-8-13/h7-12H,2-6H2,1H3,(H2,21,23,24). The lowest BCUT2D eigenvalue weighted by atomic mass is 10.1. The van der Waals surface area contributed by atoms with Gasteiger partial charge in [-0.05, 0) is 49.2 Å². The van der Waals surface area contributed by atoms with Gasteiger partial charge in [0, 0.05) is 5.56 Å². The summed E-state index contributed by atoms with van der Waals surface area (Å²) in [6.07, 6.45) is 5.47. The van der Waals surface area contributed by atoms with Crippen LogP contribution in [0.5, 0.6) is 0 Å². The number of rotatable bonds is 6. The highest BCUT2D eigenvalue weighted by molar-refractivity contribution is 5.80. The van der Waals surface area contributed by atoms with Crippen molar-refractivity contribution < 1.29 is 4.39 Å². The maximum atomic E-state index is 13.1. The summed E-state index contributed by atoms with van der Waals surface area (Å²) in [5.74, 6) is 0.0246. The summed E-state index contributed by atoms with van der Waals surface area (Å²) in [5.41, 5.74) is 9.90. The van der Waals surface area contributed by atoms with Crippen LogP contribution in [-0.2, 0) is 6.42 Å². The lowest BCUT2D eigenvalue weighted by molar-refractivity contribution is 0.628. The topological polar surface area (TPSA) is 64.7 Å². The smallest absolute Gasteiger partial charge is 0.220 e. The zero-order valence-electron chi connectivity index (χ0n) is 13.8. The number of anilines is 1. The van der Waals surface area contributed by atoms with Gasteiger partial charge in [0.25, 0.3) is 0 Å². The Balaban J connectivity index is 1.97. The number of nitrogens with zero attached hydrogens (tertiary/aromatic N) is 3. The second kappa shape index (κ2) is 7.34. The molecule has 2 aromatic heterocycles. The summed E-state index contributed by atoms with van der Waals surface area (Å²) in [7, 11) is 0. The monoisotopic (exact) mass is 324 g/mol. The molecule has 0 aliphatic heterocycles. The van der Waals surface area contributed by atoms with Crippen molar-refractivity contribution in [3.8, 4) is 11.3 Å². The summed E-state index contributed by atoms with van der Waals surface area (Å²) in [6.45, 7) is 2.19. The van der Waals surface area contributed by atoms with E-state index in [0.717, 1.165) is 40.8 Å². The van der Waals surface area contributed by atoms with E-state index in [9.17, 15) is 4.39 Å². The fourth-order valence-electron chi connectivity index (χ4n) is 2.77. The fourth-order valence-corrected chi connectivity index (χ4v) is 2.77. The number of aryl methyl sites for hydroxylation is 1. The first-order valence-electron chi connectivity index (χ1n) is 8.36. The van der Waals surface area contributed by atoms with Crippen molar-refractivity contribution in [3.63, 3.8) is 0 Å². The van der Waals surface area contributed by atoms with Crippen molar-refractivity contribution in [2.24, 2.45) is 0 Å². The predicted molar refractivity (Wildman–Crippen MR) is 95.0 cm³/mol. The number of nitrogen functional groups attached to an aromatic ring is 1. The molecule has 124 valence electrons. The van der Waals surface area contributed by atoms with Crippen LogP contribution in [0.3, 0.4) is 0 Å². The predicted octanol–water partition coefficient (Wildman–Crippen LogP) is 4.54. The number of unbranched alkanes of at least 4 members (excludes halogenated alkanes) is 3. The molecule has 0 saturated heterocycles. The first-order chi connectivity index (χ1) is 11.7. The number of fused-ring (bicyclic) bond motifs is 1. The van der Waals surface area contributed by atoms with Crippen LogP contribution in [0.25, 0.3) is 22.3 Å². The van der Waals surface area contributed by atoms with Crippen LogP contribution in [0.1, 0.15) is 38.3 Å². The molecule has 3 aromatic rings. The highest BCUT2D eigenvalue weighted by atomic mass is 19.1. The second-order valence-electron chi connectivity index (χ2n) is 5.91. The van der Waals surface area contributed by atoms with Gasteiger partial charge < -0.3 is 5.73 Å². The number of hydrogen-bond acceptors (Lipinski definition) is 4. The van der Waals surface area contributed by atoms with Crippen molar-refractivity contribution in [1.82, 2.24) is 15.0 Å². The van der Waals surface area contributed by atoms with E-state index in [1.54, 1.807) is 12.1 Å². The second-order valence-corrected chi connectivity index (χ2v) is 5.91. The fraction of sp³-hybridized carbons (Fsp3) is 0.316. The van der Waals surface area contributed by atoms with Crippen molar-refractivity contribution in [1.29, 1.82) is 0 Å². The Labute approximate surface area is 141 Å². The Morgan fingerprint density at radius 1 is 0.917 bits per heavy atom. The Morgan fingerprint density at radius 2 is 1.71 bits per heavy atom. The molecule has 0 aliphatic carbocycles. The van der Waals surface area contributed by atoms with Gasteiger partial charge in [-0.3, -0.25) is 0 Å². The maximum absolute atomic E-state index is 13.1. The molecule has 0 radical (unpaired) electrons. The quantitative estimate of drug-likeness (QED) is 0.676. The average molecular weight is 324 g/mol. The van der Waals surface area contributed by atoms with E-state index in [-0.39, 0.29) is 11.8 Å². The lowest BCUT2D eigenvalue weighted by Crippen LogP contribution is -2.03. The van der Waals surface area contributed by atoms with E-state index in [1.807, 2.05) is 12.1 Å². The van der Waals surface area contributed by atoms with E-state index in [4.69, 9.17) is 10.7 Å². The van der Waals surface area contributed by atoms with Crippen LogP contribution in [0.2, 0.25) is 0 Å². The number of halogens is 1. The minimum atomic E-state index is -0.257. The van der Waals surface area contributed by atoms with Crippen LogP contribution in [0.4, 0.5) is 10.3 Å². The Bertz CT molecular complexity index is 831. The van der Waals surface area contributed by atoms with E-state index >= 15 is 0 Å². The van der Waals surface area contributed by atoms with Crippen LogP contribution >= 0.6 is 0 Å². The highest BCUT2D eigenvalue weighted by Gasteiger charge is 2.10. The molecule has 0 spiro atoms. The normalized spacial score (nSPS) is 11.1. The molecule has 4 nitrogen and oxygen atoms in total. The van der Waals surface area contributed by atoms with Gasteiger partial charge in [0.1, 0.15) is 11.3 Å². The number of benzene rings is 1. The van der Waals surface area contributed by atoms with Gasteiger partial charge in [-0.1, -0.05) is 26.2 Å². The third kappa shape index (κ3) is 3.67. The van der Waals surface area contributed by atoms with Gasteiger partial charge >= 0.3 is 0 Å². The summed E-state index contributed by atoms with van der Waals surface area (Å²) in [5, 5.41) is 0. The molecule has 3 rings (SSSR count). The van der Waals surface area contributed by atoms with Crippen molar-refractivity contribution in [2.45, 2.75) is 39.0 Å². The summed E-state index contributed by atoms with van der Waals surface area (Å²) < 4.78 is 13.1. The molecule has 0 fully saturated rings. The number of aromatic nitrogens is 3. The molecular formula is C19H21FN4. The lowest BCUT2D eigenvalue weighted by Gasteiger charge is -2.08. The van der Waals surface area contributed by atoms with Gasteiger partial charge in [0.2, 0.25) is 5.95 Å². The largest absolute Gasteiger partial charge is 0.368 e. The van der Waals surface area contributed by atoms with Crippen LogP contribution in [0.15, 0.2) is 36.4 Å². The van der Waals surface area contributed by atoms with Crippen LogP contribution < -0.4 is 5.73 Å². The number of hydrogen-bond donors (Lipinski definition) is 1. The summed E-state index contributed by atoms with van der Waals surface area (Å²) >= 11 is 0. The molecule has 0 saturated carbocycles. The van der Waals surface area contributed by atoms with E-state index < -0.39 is 0 Å². The first-order valence-corrected chi connectivity index (χ1v) is 8.36. The molecule has 0 bridgehead atoms. The van der Waals surface area contributed by atoms with Gasteiger partial charge in [0.15, 0.2) is 0 Å². The van der Waals surface area contributed by atoms with Crippen molar-refractivity contribution in [3.05, 3.63) is 47.9 Å². The zero-order valence-corrected chi connectivity index (χ0v) is 13.8. The van der Waals surface area contributed by atoms with Gasteiger partial charge in [0.05, 0.1) is 16.9 Å². The van der Waals surface area contributed by atoms with E-state index in [1.165, 1.54) is 31.4 Å². The summed E-state index contributed by atoms with van der Waals surface area (Å²) in [4.78, 5) is 13.4. The molecule has 1 aromatic carbocycles. The highest BCUT2D eigenvalue weighted by Crippen LogP contribution is 2.23. The van der Waals surface area contributed by atoms with E-state index in [2.05, 4.69) is 16.9 Å². The molecule has 0 atom stereocenters. The Hall–Kier alpha value is -2.56. The molecule has 0 aliphatic rings. The average Bonchev–Trinajstić information content (AvgIpc) is 2.59. The number of pyridine rings is 1. The van der Waals surface area contributed by atoms with Gasteiger partial charge in [-0.2, -0.15) is 0 Å². The zero-order chi connectivity index (χ0) is 16.9. The third-order valence-corrected chi connectivity index (χ3v) is 4.04. The molecule has 0 amide bonds. The van der Waals surface area contributed by atoms with E-state index in [0.29, 0.717) is 0 Å².